The zero-order chi connectivity index (χ0) is 16.2. The van der Waals surface area contributed by atoms with Crippen molar-refractivity contribution in [3.8, 4) is 5.75 Å². The first-order valence-electron chi connectivity index (χ1n) is 7.80. The number of hydrogen-bond donors (Lipinski definition) is 2. The predicted molar refractivity (Wildman–Crippen MR) is 87.9 cm³/mol. The van der Waals surface area contributed by atoms with Crippen molar-refractivity contribution in [3.63, 3.8) is 0 Å². The summed E-state index contributed by atoms with van der Waals surface area (Å²) in [6, 6.07) is 9.39. The van der Waals surface area contributed by atoms with Crippen LogP contribution in [-0.4, -0.2) is 28.4 Å². The number of ether oxygens (including phenoxy) is 1. The SMILES string of the molecule is CCOc1ccc(/C(C)=N\NC(=O)c2cc(C3CC3)[nH]n2)cc1. The predicted octanol–water partition coefficient (Wildman–Crippen LogP) is 2.84. The Kier molecular flexibility index (Phi) is 4.41. The molecular weight excluding hydrogens is 292 g/mol. The van der Waals surface area contributed by atoms with Crippen LogP contribution in [0, 0.1) is 0 Å². The number of nitrogens with zero attached hydrogens (tertiary/aromatic N) is 2. The smallest absolute Gasteiger partial charge is 0.291 e. The van der Waals surface area contributed by atoms with Crippen LogP contribution in [-0.2, 0) is 0 Å². The van der Waals surface area contributed by atoms with Crippen LogP contribution in [0.2, 0.25) is 0 Å². The average molecular weight is 312 g/mol. The second kappa shape index (κ2) is 6.64. The van der Waals surface area contributed by atoms with Crippen molar-refractivity contribution in [3.05, 3.63) is 47.3 Å². The Morgan fingerprint density at radius 3 is 2.78 bits per heavy atom. The normalized spacial score (nSPS) is 14.6. The number of carbonyl (C=O) groups is 1. The highest BCUT2D eigenvalue weighted by Gasteiger charge is 2.26. The van der Waals surface area contributed by atoms with Gasteiger partial charge in [-0.05, 0) is 62.6 Å². The summed E-state index contributed by atoms with van der Waals surface area (Å²) in [5, 5.41) is 11.1. The maximum atomic E-state index is 12.1. The van der Waals surface area contributed by atoms with Crippen molar-refractivity contribution >= 4 is 11.6 Å². The van der Waals surface area contributed by atoms with Crippen molar-refractivity contribution in [1.82, 2.24) is 15.6 Å². The fourth-order valence-electron chi connectivity index (χ4n) is 2.27. The summed E-state index contributed by atoms with van der Waals surface area (Å²) >= 11 is 0. The molecule has 2 N–H and O–H groups in total. The number of carbonyl (C=O) groups excluding carboxylic acids is 1. The van der Waals surface area contributed by atoms with Crippen LogP contribution in [0.4, 0.5) is 0 Å². The summed E-state index contributed by atoms with van der Waals surface area (Å²) in [5.74, 6) is 1.05. The maximum absolute atomic E-state index is 12.1. The molecule has 0 atom stereocenters. The Morgan fingerprint density at radius 1 is 1.39 bits per heavy atom. The molecule has 1 aromatic heterocycles. The molecule has 1 aromatic carbocycles. The van der Waals surface area contributed by atoms with Gasteiger partial charge in [-0.25, -0.2) is 5.43 Å². The van der Waals surface area contributed by atoms with Crippen molar-refractivity contribution in [1.29, 1.82) is 0 Å². The Bertz CT molecular complexity index is 714. The number of H-pyrrole nitrogens is 1. The maximum Gasteiger partial charge on any atom is 0.291 e. The van der Waals surface area contributed by atoms with Gasteiger partial charge < -0.3 is 4.74 Å². The van der Waals surface area contributed by atoms with E-state index in [1.807, 2.05) is 38.1 Å². The third-order valence-electron chi connectivity index (χ3n) is 3.76. The lowest BCUT2D eigenvalue weighted by Gasteiger charge is -2.05. The molecule has 1 heterocycles. The molecular formula is C17H20N4O2. The quantitative estimate of drug-likeness (QED) is 0.636. The van der Waals surface area contributed by atoms with Crippen LogP contribution in [0.15, 0.2) is 35.4 Å². The van der Waals surface area contributed by atoms with Gasteiger partial charge in [0.2, 0.25) is 0 Å². The highest BCUT2D eigenvalue weighted by molar-refractivity contribution is 6.00. The van der Waals surface area contributed by atoms with Crippen molar-refractivity contribution in [2.75, 3.05) is 6.61 Å². The van der Waals surface area contributed by atoms with E-state index in [9.17, 15) is 4.79 Å². The monoisotopic (exact) mass is 312 g/mol. The molecule has 6 nitrogen and oxygen atoms in total. The lowest BCUT2D eigenvalue weighted by molar-refractivity contribution is 0.0950. The third-order valence-corrected chi connectivity index (χ3v) is 3.76. The largest absolute Gasteiger partial charge is 0.494 e. The summed E-state index contributed by atoms with van der Waals surface area (Å²) < 4.78 is 5.40. The first-order chi connectivity index (χ1) is 11.2. The number of hydrazone groups is 1. The van der Waals surface area contributed by atoms with E-state index in [0.717, 1.165) is 35.6 Å². The van der Waals surface area contributed by atoms with Crippen molar-refractivity contribution in [2.45, 2.75) is 32.6 Å². The van der Waals surface area contributed by atoms with E-state index >= 15 is 0 Å². The van der Waals surface area contributed by atoms with Gasteiger partial charge in [-0.3, -0.25) is 9.89 Å². The second-order valence-electron chi connectivity index (χ2n) is 5.58. The number of nitrogens with one attached hydrogen (secondary N) is 2. The first-order valence-corrected chi connectivity index (χ1v) is 7.80. The molecule has 3 rings (SSSR count). The molecule has 0 saturated heterocycles. The molecule has 1 aliphatic carbocycles. The van der Waals surface area contributed by atoms with Crippen LogP contribution >= 0.6 is 0 Å². The van der Waals surface area contributed by atoms with Gasteiger partial charge in [-0.1, -0.05) is 0 Å². The van der Waals surface area contributed by atoms with E-state index in [-0.39, 0.29) is 5.91 Å². The van der Waals surface area contributed by atoms with E-state index < -0.39 is 0 Å². The molecule has 2 aromatic rings. The average Bonchev–Trinajstić information content (AvgIpc) is 3.30. The zero-order valence-electron chi connectivity index (χ0n) is 13.3. The summed E-state index contributed by atoms with van der Waals surface area (Å²) in [4.78, 5) is 12.1. The highest BCUT2D eigenvalue weighted by atomic mass is 16.5. The number of hydrogen-bond acceptors (Lipinski definition) is 4. The van der Waals surface area contributed by atoms with Gasteiger partial charge in [0.15, 0.2) is 5.69 Å². The van der Waals surface area contributed by atoms with E-state index in [4.69, 9.17) is 4.74 Å². The summed E-state index contributed by atoms with van der Waals surface area (Å²) in [6.45, 7) is 4.42. The lowest BCUT2D eigenvalue weighted by atomic mass is 10.1. The first kappa shape index (κ1) is 15.3. The van der Waals surface area contributed by atoms with E-state index in [0.29, 0.717) is 18.2 Å². The second-order valence-corrected chi connectivity index (χ2v) is 5.58. The molecule has 0 aliphatic heterocycles. The van der Waals surface area contributed by atoms with E-state index in [2.05, 4.69) is 20.7 Å². The van der Waals surface area contributed by atoms with Crippen LogP contribution in [0.25, 0.3) is 0 Å². The Labute approximate surface area is 134 Å². The fourth-order valence-corrected chi connectivity index (χ4v) is 2.27. The lowest BCUT2D eigenvalue weighted by Crippen LogP contribution is -2.19. The van der Waals surface area contributed by atoms with Crippen LogP contribution in [0.3, 0.4) is 0 Å². The van der Waals surface area contributed by atoms with Crippen LogP contribution in [0.5, 0.6) is 5.75 Å². The Balaban J connectivity index is 1.62. The minimum atomic E-state index is -0.307. The van der Waals surface area contributed by atoms with Gasteiger partial charge in [0.25, 0.3) is 5.91 Å². The minimum absolute atomic E-state index is 0.307. The summed E-state index contributed by atoms with van der Waals surface area (Å²) in [5.41, 5.74) is 5.59. The molecule has 1 aliphatic rings. The molecule has 1 amide bonds. The molecule has 120 valence electrons. The minimum Gasteiger partial charge on any atom is -0.494 e. The fraction of sp³-hybridized carbons (Fsp3) is 0.353. The van der Waals surface area contributed by atoms with Gasteiger partial charge in [-0.15, -0.1) is 0 Å². The molecule has 23 heavy (non-hydrogen) atoms. The highest BCUT2D eigenvalue weighted by Crippen LogP contribution is 2.38. The Morgan fingerprint density at radius 2 is 2.13 bits per heavy atom. The van der Waals surface area contributed by atoms with Gasteiger partial charge in [0.05, 0.1) is 12.3 Å². The number of amides is 1. The molecule has 0 radical (unpaired) electrons. The summed E-state index contributed by atoms with van der Waals surface area (Å²) in [6.07, 6.45) is 2.33. The van der Waals surface area contributed by atoms with Crippen LogP contribution in [0.1, 0.15) is 54.4 Å². The molecule has 0 spiro atoms. The molecule has 0 unspecified atom stereocenters. The van der Waals surface area contributed by atoms with Gasteiger partial charge >= 0.3 is 0 Å². The third kappa shape index (κ3) is 3.77. The Hall–Kier alpha value is -2.63. The van der Waals surface area contributed by atoms with E-state index in [1.165, 1.54) is 0 Å². The van der Waals surface area contributed by atoms with Gasteiger partial charge in [-0.2, -0.15) is 10.2 Å². The van der Waals surface area contributed by atoms with Crippen molar-refractivity contribution in [2.24, 2.45) is 5.10 Å². The molecule has 1 fully saturated rings. The van der Waals surface area contributed by atoms with Crippen LogP contribution < -0.4 is 10.2 Å². The zero-order valence-corrected chi connectivity index (χ0v) is 13.3. The number of aromatic amines is 1. The summed E-state index contributed by atoms with van der Waals surface area (Å²) in [7, 11) is 0. The standard InChI is InChI=1S/C17H20N4O2/c1-3-23-14-8-6-12(7-9-14)11(2)18-21-17(22)16-10-15(19-20-16)13-4-5-13/h6-10,13H,3-5H2,1-2H3,(H,19,20)(H,21,22)/b18-11-. The molecule has 1 saturated carbocycles. The van der Waals surface area contributed by atoms with E-state index in [1.54, 1.807) is 6.07 Å². The number of aromatic nitrogens is 2. The molecule has 6 heteroatoms. The molecule has 0 bridgehead atoms. The number of benzene rings is 1. The topological polar surface area (TPSA) is 79.4 Å². The number of rotatable bonds is 6. The van der Waals surface area contributed by atoms with Gasteiger partial charge in [0, 0.05) is 11.6 Å². The van der Waals surface area contributed by atoms with Gasteiger partial charge in [0.1, 0.15) is 5.75 Å². The van der Waals surface area contributed by atoms with Crippen molar-refractivity contribution < 1.29 is 9.53 Å².